The van der Waals surface area contributed by atoms with Gasteiger partial charge >= 0.3 is 0 Å². The first-order valence-electron chi connectivity index (χ1n) is 6.03. The molecule has 0 radical (unpaired) electrons. The summed E-state index contributed by atoms with van der Waals surface area (Å²) < 4.78 is 22.8. The van der Waals surface area contributed by atoms with Crippen molar-refractivity contribution in [3.8, 4) is 0 Å². The fourth-order valence-corrected chi connectivity index (χ4v) is 3.18. The average Bonchev–Trinajstić information content (AvgIpc) is 2.28. The van der Waals surface area contributed by atoms with Gasteiger partial charge in [-0.1, -0.05) is 19.3 Å². The Morgan fingerprint density at radius 3 is 2.41 bits per heavy atom. The molecule has 1 N–H and O–H groups in total. The molecule has 0 bridgehead atoms. The molecule has 1 saturated carbocycles. The Hall–Kier alpha value is -0.620. The number of hydrogen-bond acceptors (Lipinski definition) is 4. The van der Waals surface area contributed by atoms with Gasteiger partial charge in [0, 0.05) is 13.1 Å². The zero-order valence-corrected chi connectivity index (χ0v) is 11.1. The molecule has 100 valence electrons. The Morgan fingerprint density at radius 1 is 1.29 bits per heavy atom. The van der Waals surface area contributed by atoms with E-state index in [1.54, 1.807) is 11.9 Å². The third-order valence-electron chi connectivity index (χ3n) is 3.26. The SMILES string of the molecule is CN(C(=O)CS(=O)(=O)CCO)C1CCCCC1. The summed E-state index contributed by atoms with van der Waals surface area (Å²) in [5, 5.41) is 8.60. The van der Waals surface area contributed by atoms with Gasteiger partial charge in [-0.3, -0.25) is 4.79 Å². The lowest BCUT2D eigenvalue weighted by atomic mass is 9.94. The van der Waals surface area contributed by atoms with Crippen LogP contribution >= 0.6 is 0 Å². The van der Waals surface area contributed by atoms with Gasteiger partial charge in [0.05, 0.1) is 12.4 Å². The summed E-state index contributed by atoms with van der Waals surface area (Å²) in [5.74, 6) is -1.18. The van der Waals surface area contributed by atoms with E-state index in [0.717, 1.165) is 25.7 Å². The van der Waals surface area contributed by atoms with Crippen LogP contribution in [0.2, 0.25) is 0 Å². The molecule has 0 heterocycles. The number of hydrogen-bond donors (Lipinski definition) is 1. The van der Waals surface area contributed by atoms with Gasteiger partial charge in [-0.15, -0.1) is 0 Å². The summed E-state index contributed by atoms with van der Waals surface area (Å²) in [5.41, 5.74) is 0. The molecule has 1 rings (SSSR count). The van der Waals surface area contributed by atoms with Gasteiger partial charge in [0.1, 0.15) is 5.75 Å². The van der Waals surface area contributed by atoms with Crippen LogP contribution in [0.3, 0.4) is 0 Å². The van der Waals surface area contributed by atoms with E-state index in [2.05, 4.69) is 0 Å². The maximum atomic E-state index is 11.8. The molecule has 1 amide bonds. The molecule has 0 aromatic carbocycles. The van der Waals surface area contributed by atoms with E-state index in [9.17, 15) is 13.2 Å². The summed E-state index contributed by atoms with van der Waals surface area (Å²) in [7, 11) is -1.78. The van der Waals surface area contributed by atoms with E-state index < -0.39 is 22.2 Å². The van der Waals surface area contributed by atoms with Crippen LogP contribution in [0.4, 0.5) is 0 Å². The molecule has 6 heteroatoms. The minimum absolute atomic E-state index is 0.181. The standard InChI is InChI=1S/C11H21NO4S/c1-12(10-5-3-2-4-6-10)11(14)9-17(15,16)8-7-13/h10,13H,2-9H2,1H3. The normalized spacial score (nSPS) is 18.0. The topological polar surface area (TPSA) is 74.7 Å². The van der Waals surface area contributed by atoms with E-state index in [4.69, 9.17) is 5.11 Å². The number of nitrogens with zero attached hydrogens (tertiary/aromatic N) is 1. The summed E-state index contributed by atoms with van der Waals surface area (Å²) in [6.45, 7) is -0.428. The smallest absolute Gasteiger partial charge is 0.237 e. The summed E-state index contributed by atoms with van der Waals surface area (Å²) in [6.07, 6.45) is 5.32. The van der Waals surface area contributed by atoms with Crippen molar-refractivity contribution in [2.45, 2.75) is 38.1 Å². The Bertz CT molecular complexity index is 346. The van der Waals surface area contributed by atoms with E-state index >= 15 is 0 Å². The molecule has 0 atom stereocenters. The highest BCUT2D eigenvalue weighted by Gasteiger charge is 2.25. The Kier molecular flexibility index (Phi) is 5.39. The van der Waals surface area contributed by atoms with Crippen LogP contribution in [0.5, 0.6) is 0 Å². The van der Waals surface area contributed by atoms with Crippen LogP contribution < -0.4 is 0 Å². The fraction of sp³-hybridized carbons (Fsp3) is 0.909. The first-order chi connectivity index (χ1) is 7.96. The predicted octanol–water partition coefficient (Wildman–Crippen LogP) is 0.185. The zero-order valence-electron chi connectivity index (χ0n) is 10.3. The van der Waals surface area contributed by atoms with Crippen molar-refractivity contribution < 1.29 is 18.3 Å². The minimum Gasteiger partial charge on any atom is -0.395 e. The second-order valence-electron chi connectivity index (χ2n) is 4.61. The lowest BCUT2D eigenvalue weighted by Crippen LogP contribution is -2.41. The number of amides is 1. The van der Waals surface area contributed by atoms with Crippen molar-refractivity contribution in [3.05, 3.63) is 0 Å². The molecule has 0 aliphatic heterocycles. The van der Waals surface area contributed by atoms with E-state index in [1.807, 2.05) is 0 Å². The number of carbonyl (C=O) groups excluding carboxylic acids is 1. The monoisotopic (exact) mass is 263 g/mol. The van der Waals surface area contributed by atoms with Crippen molar-refractivity contribution in [2.75, 3.05) is 25.2 Å². The highest BCUT2D eigenvalue weighted by Crippen LogP contribution is 2.21. The van der Waals surface area contributed by atoms with Crippen LogP contribution in [0.15, 0.2) is 0 Å². The van der Waals surface area contributed by atoms with Crippen molar-refractivity contribution >= 4 is 15.7 Å². The van der Waals surface area contributed by atoms with Gasteiger partial charge in [-0.2, -0.15) is 0 Å². The fourth-order valence-electron chi connectivity index (χ4n) is 2.17. The van der Waals surface area contributed by atoms with Crippen LogP contribution in [-0.4, -0.2) is 55.5 Å². The van der Waals surface area contributed by atoms with Crippen LogP contribution in [0.25, 0.3) is 0 Å². The average molecular weight is 263 g/mol. The molecule has 5 nitrogen and oxygen atoms in total. The molecule has 0 saturated heterocycles. The first-order valence-corrected chi connectivity index (χ1v) is 7.85. The lowest BCUT2D eigenvalue weighted by Gasteiger charge is -2.31. The molecule has 0 spiro atoms. The molecule has 0 aromatic heterocycles. The number of aliphatic hydroxyl groups excluding tert-OH is 1. The highest BCUT2D eigenvalue weighted by atomic mass is 32.2. The number of carbonyl (C=O) groups is 1. The summed E-state index contributed by atoms with van der Waals surface area (Å²) in [4.78, 5) is 13.4. The van der Waals surface area contributed by atoms with Crippen molar-refractivity contribution in [1.29, 1.82) is 0 Å². The molecule has 17 heavy (non-hydrogen) atoms. The molecular weight excluding hydrogens is 242 g/mol. The van der Waals surface area contributed by atoms with E-state index in [0.29, 0.717) is 0 Å². The third-order valence-corrected chi connectivity index (χ3v) is 4.75. The quantitative estimate of drug-likeness (QED) is 0.768. The predicted molar refractivity (Wildman–Crippen MR) is 65.4 cm³/mol. The zero-order chi connectivity index (χ0) is 12.9. The Morgan fingerprint density at radius 2 is 1.88 bits per heavy atom. The van der Waals surface area contributed by atoms with Crippen LogP contribution in [-0.2, 0) is 14.6 Å². The number of sulfone groups is 1. The molecule has 0 aromatic rings. The number of rotatable bonds is 5. The largest absolute Gasteiger partial charge is 0.395 e. The summed E-state index contributed by atoms with van der Waals surface area (Å²) in [6, 6.07) is 0.181. The lowest BCUT2D eigenvalue weighted by molar-refractivity contribution is -0.129. The maximum absolute atomic E-state index is 11.8. The van der Waals surface area contributed by atoms with Crippen molar-refractivity contribution in [1.82, 2.24) is 4.90 Å². The second-order valence-corrected chi connectivity index (χ2v) is 6.80. The Labute approximate surface area is 103 Å². The summed E-state index contributed by atoms with van der Waals surface area (Å²) >= 11 is 0. The van der Waals surface area contributed by atoms with Gasteiger partial charge in [-0.05, 0) is 12.8 Å². The molecular formula is C11H21NO4S. The maximum Gasteiger partial charge on any atom is 0.237 e. The van der Waals surface area contributed by atoms with E-state index in [-0.39, 0.29) is 17.7 Å². The van der Waals surface area contributed by atoms with Crippen molar-refractivity contribution in [2.24, 2.45) is 0 Å². The first kappa shape index (κ1) is 14.4. The molecule has 1 fully saturated rings. The molecule has 1 aliphatic carbocycles. The van der Waals surface area contributed by atoms with E-state index in [1.165, 1.54) is 6.42 Å². The van der Waals surface area contributed by atoms with Gasteiger partial charge < -0.3 is 10.0 Å². The highest BCUT2D eigenvalue weighted by molar-refractivity contribution is 7.92. The van der Waals surface area contributed by atoms with Gasteiger partial charge in [-0.25, -0.2) is 8.42 Å². The third kappa shape index (κ3) is 4.63. The number of aliphatic hydroxyl groups is 1. The van der Waals surface area contributed by atoms with Gasteiger partial charge in [0.2, 0.25) is 5.91 Å². The van der Waals surface area contributed by atoms with Gasteiger partial charge in [0.25, 0.3) is 0 Å². The van der Waals surface area contributed by atoms with Crippen molar-refractivity contribution in [3.63, 3.8) is 0 Å². The second kappa shape index (κ2) is 6.35. The molecule has 0 unspecified atom stereocenters. The minimum atomic E-state index is -3.46. The molecule has 1 aliphatic rings. The Balaban J connectivity index is 2.51. The van der Waals surface area contributed by atoms with Crippen LogP contribution in [0, 0.1) is 0 Å². The van der Waals surface area contributed by atoms with Crippen LogP contribution in [0.1, 0.15) is 32.1 Å². The van der Waals surface area contributed by atoms with Gasteiger partial charge in [0.15, 0.2) is 9.84 Å².